The van der Waals surface area contributed by atoms with Crippen LogP contribution in [0, 0.1) is 0 Å². The maximum Gasteiger partial charge on any atom is 0.175 e. The second-order valence-corrected chi connectivity index (χ2v) is 9.68. The van der Waals surface area contributed by atoms with Gasteiger partial charge in [-0.2, -0.15) is 0 Å². The third-order valence-corrected chi connectivity index (χ3v) is 6.10. The third-order valence-electron chi connectivity index (χ3n) is 3.74. The van der Waals surface area contributed by atoms with Crippen LogP contribution in [0.2, 0.25) is 5.02 Å². The molecule has 2 aromatic rings. The lowest BCUT2D eigenvalue weighted by molar-refractivity contribution is 0.269. The zero-order chi connectivity index (χ0) is 19.0. The van der Waals surface area contributed by atoms with Crippen molar-refractivity contribution < 1.29 is 13.2 Å². The highest BCUT2D eigenvalue weighted by molar-refractivity contribution is 7.99. The Morgan fingerprint density at radius 2 is 1.85 bits per heavy atom. The van der Waals surface area contributed by atoms with E-state index < -0.39 is 9.84 Å². The van der Waals surface area contributed by atoms with Gasteiger partial charge in [0.25, 0.3) is 0 Å². The minimum Gasteiger partial charge on any atom is -0.494 e. The van der Waals surface area contributed by atoms with Crippen LogP contribution in [0.15, 0.2) is 58.3 Å². The summed E-state index contributed by atoms with van der Waals surface area (Å²) in [6.07, 6.45) is 2.08. The average Bonchev–Trinajstić information content (AvgIpc) is 2.60. The molecule has 0 fully saturated rings. The Morgan fingerprint density at radius 1 is 1.12 bits per heavy atom. The largest absolute Gasteiger partial charge is 0.494 e. The summed E-state index contributed by atoms with van der Waals surface area (Å²) >= 11 is 7.69. The monoisotopic (exact) mass is 413 g/mol. The van der Waals surface area contributed by atoms with Gasteiger partial charge in [-0.3, -0.25) is 0 Å². The highest BCUT2D eigenvalue weighted by atomic mass is 35.5. The van der Waals surface area contributed by atoms with Crippen molar-refractivity contribution in [3.63, 3.8) is 0 Å². The molecule has 0 unspecified atom stereocenters. The quantitative estimate of drug-likeness (QED) is 0.430. The summed E-state index contributed by atoms with van der Waals surface area (Å²) in [6.45, 7) is 2.46. The van der Waals surface area contributed by atoms with Crippen LogP contribution in [-0.2, 0) is 9.84 Å². The Labute approximate surface area is 165 Å². The predicted octanol–water partition coefficient (Wildman–Crippen LogP) is 4.24. The van der Waals surface area contributed by atoms with Crippen molar-refractivity contribution in [2.45, 2.75) is 16.2 Å². The number of halogens is 1. The van der Waals surface area contributed by atoms with Crippen LogP contribution in [0.1, 0.15) is 6.42 Å². The van der Waals surface area contributed by atoms with Crippen molar-refractivity contribution in [3.05, 3.63) is 53.6 Å². The minimum absolute atomic E-state index is 0.284. The first-order valence-corrected chi connectivity index (χ1v) is 11.6. The Kier molecular flexibility index (Phi) is 8.28. The van der Waals surface area contributed by atoms with E-state index in [1.165, 1.54) is 11.2 Å². The summed E-state index contributed by atoms with van der Waals surface area (Å²) in [5.41, 5.74) is 0. The molecule has 0 saturated carbocycles. The first-order chi connectivity index (χ1) is 12.3. The van der Waals surface area contributed by atoms with E-state index in [0.29, 0.717) is 12.4 Å². The van der Waals surface area contributed by atoms with E-state index in [4.69, 9.17) is 16.3 Å². The van der Waals surface area contributed by atoms with Gasteiger partial charge in [0.05, 0.1) is 11.5 Å². The van der Waals surface area contributed by atoms with Crippen LogP contribution in [-0.4, -0.2) is 52.1 Å². The van der Waals surface area contributed by atoms with E-state index in [1.54, 1.807) is 24.3 Å². The van der Waals surface area contributed by atoms with Gasteiger partial charge in [0.2, 0.25) is 0 Å². The molecule has 142 valence electrons. The Bertz CT molecular complexity index is 795. The predicted molar refractivity (Wildman–Crippen MR) is 109 cm³/mol. The van der Waals surface area contributed by atoms with Crippen molar-refractivity contribution in [2.75, 3.05) is 38.8 Å². The summed E-state index contributed by atoms with van der Waals surface area (Å²) in [5, 5.41) is 0.758. The van der Waals surface area contributed by atoms with E-state index in [9.17, 15) is 8.42 Å². The van der Waals surface area contributed by atoms with Gasteiger partial charge in [-0.05, 0) is 55.9 Å². The van der Waals surface area contributed by atoms with E-state index in [0.717, 1.165) is 30.3 Å². The van der Waals surface area contributed by atoms with Gasteiger partial charge in [-0.25, -0.2) is 8.42 Å². The molecule has 26 heavy (non-hydrogen) atoms. The molecule has 0 saturated heterocycles. The third kappa shape index (κ3) is 7.58. The van der Waals surface area contributed by atoms with Crippen LogP contribution >= 0.6 is 23.4 Å². The lowest BCUT2D eigenvalue weighted by atomic mass is 10.3. The van der Waals surface area contributed by atoms with Crippen LogP contribution in [0.3, 0.4) is 0 Å². The van der Waals surface area contributed by atoms with Gasteiger partial charge < -0.3 is 9.64 Å². The molecule has 0 spiro atoms. The second-order valence-electron chi connectivity index (χ2n) is 6.05. The van der Waals surface area contributed by atoms with Gasteiger partial charge in [-0.15, -0.1) is 11.8 Å². The molecule has 7 heteroatoms. The zero-order valence-electron chi connectivity index (χ0n) is 15.0. The fourth-order valence-electron chi connectivity index (χ4n) is 2.28. The van der Waals surface area contributed by atoms with Crippen LogP contribution in [0.25, 0.3) is 0 Å². The summed E-state index contributed by atoms with van der Waals surface area (Å²) in [6, 6.07) is 14.5. The lowest BCUT2D eigenvalue weighted by Crippen LogP contribution is -2.23. The molecule has 0 aliphatic carbocycles. The first kappa shape index (κ1) is 21.1. The number of hydrogen-bond donors (Lipinski definition) is 0. The van der Waals surface area contributed by atoms with Crippen molar-refractivity contribution >= 4 is 33.2 Å². The van der Waals surface area contributed by atoms with Gasteiger partial charge in [-0.1, -0.05) is 17.7 Å². The van der Waals surface area contributed by atoms with E-state index in [-0.39, 0.29) is 4.90 Å². The Morgan fingerprint density at radius 3 is 2.54 bits per heavy atom. The van der Waals surface area contributed by atoms with Crippen LogP contribution in [0.4, 0.5) is 0 Å². The first-order valence-electron chi connectivity index (χ1n) is 8.34. The summed E-state index contributed by atoms with van der Waals surface area (Å²) < 4.78 is 28.8. The summed E-state index contributed by atoms with van der Waals surface area (Å²) in [7, 11) is -1.11. The molecule has 0 atom stereocenters. The minimum atomic E-state index is -3.20. The average molecular weight is 414 g/mol. The molecule has 4 nitrogen and oxygen atoms in total. The van der Waals surface area contributed by atoms with Crippen LogP contribution < -0.4 is 4.74 Å². The van der Waals surface area contributed by atoms with E-state index in [1.807, 2.05) is 36.0 Å². The SMILES string of the molecule is CN(CCCOc1cccc(S(C)(=O)=O)c1)CCSc1ccc(Cl)cc1. The molecular weight excluding hydrogens is 390 g/mol. The molecule has 0 N–H and O–H groups in total. The molecular formula is C19H24ClNO3S2. The van der Waals surface area contributed by atoms with Crippen molar-refractivity contribution in [1.82, 2.24) is 4.90 Å². The smallest absolute Gasteiger partial charge is 0.175 e. The number of sulfone groups is 1. The highest BCUT2D eigenvalue weighted by Gasteiger charge is 2.08. The standard InChI is InChI=1S/C19H24ClNO3S2/c1-21(12-14-25-18-9-7-16(20)8-10-18)11-4-13-24-17-5-3-6-19(15-17)26(2,22)23/h3,5-10,15H,4,11-14H2,1-2H3. The second kappa shape index (κ2) is 10.2. The molecule has 0 aliphatic heterocycles. The molecule has 0 bridgehead atoms. The number of thioether (sulfide) groups is 1. The maximum atomic E-state index is 11.6. The van der Waals surface area contributed by atoms with Gasteiger partial charge >= 0.3 is 0 Å². The van der Waals surface area contributed by atoms with Gasteiger partial charge in [0.1, 0.15) is 5.75 Å². The van der Waals surface area contributed by atoms with Crippen molar-refractivity contribution in [3.8, 4) is 5.75 Å². The number of ether oxygens (including phenoxy) is 1. The number of benzene rings is 2. The fraction of sp³-hybridized carbons (Fsp3) is 0.368. The van der Waals surface area contributed by atoms with Crippen LogP contribution in [0.5, 0.6) is 5.75 Å². The molecule has 0 aromatic heterocycles. The topological polar surface area (TPSA) is 46.6 Å². The molecule has 0 radical (unpaired) electrons. The highest BCUT2D eigenvalue weighted by Crippen LogP contribution is 2.20. The molecule has 0 amide bonds. The van der Waals surface area contributed by atoms with E-state index in [2.05, 4.69) is 11.9 Å². The summed E-state index contributed by atoms with van der Waals surface area (Å²) in [5.74, 6) is 1.60. The van der Waals surface area contributed by atoms with E-state index >= 15 is 0 Å². The van der Waals surface area contributed by atoms with Gasteiger partial charge in [0, 0.05) is 35.0 Å². The van der Waals surface area contributed by atoms with Crippen molar-refractivity contribution in [1.29, 1.82) is 0 Å². The molecule has 0 heterocycles. The Hall–Kier alpha value is -1.21. The Balaban J connectivity index is 1.64. The summed E-state index contributed by atoms with van der Waals surface area (Å²) in [4.78, 5) is 3.77. The molecule has 2 aromatic carbocycles. The maximum absolute atomic E-state index is 11.6. The molecule has 0 aliphatic rings. The van der Waals surface area contributed by atoms with Crippen molar-refractivity contribution in [2.24, 2.45) is 0 Å². The number of hydrogen-bond acceptors (Lipinski definition) is 5. The number of rotatable bonds is 10. The fourth-order valence-corrected chi connectivity index (χ4v) is 4.03. The number of nitrogens with zero attached hydrogens (tertiary/aromatic N) is 1. The zero-order valence-corrected chi connectivity index (χ0v) is 17.4. The lowest BCUT2D eigenvalue weighted by Gasteiger charge is -2.16. The molecule has 2 rings (SSSR count). The normalized spacial score (nSPS) is 11.7. The van der Waals surface area contributed by atoms with Gasteiger partial charge in [0.15, 0.2) is 9.84 Å².